The van der Waals surface area contributed by atoms with E-state index in [4.69, 9.17) is 9.26 Å². The number of carbonyl (C=O) groups is 2. The summed E-state index contributed by atoms with van der Waals surface area (Å²) in [7, 11) is 0. The fourth-order valence-electron chi connectivity index (χ4n) is 1.89. The number of thiazole rings is 1. The maximum atomic E-state index is 11.6. The summed E-state index contributed by atoms with van der Waals surface area (Å²) in [4.78, 5) is 27.6. The molecule has 122 valence electrons. The molecule has 1 aromatic carbocycles. The molecular weight excluding hydrogens is 330 g/mol. The summed E-state index contributed by atoms with van der Waals surface area (Å²) in [5.41, 5.74) is 0.873. The van der Waals surface area contributed by atoms with E-state index in [0.29, 0.717) is 10.8 Å². The number of nitrogens with zero attached hydrogens (tertiary/aromatic N) is 2. The number of fused-ring (bicyclic) bond motifs is 1. The van der Waals surface area contributed by atoms with Gasteiger partial charge in [-0.25, -0.2) is 9.78 Å². The fraction of sp³-hybridized carbons (Fsp3) is 0.125. The lowest BCUT2D eigenvalue weighted by atomic mass is 10.3. The molecule has 2 aromatic heterocycles. The second-order valence-electron chi connectivity index (χ2n) is 4.83. The lowest BCUT2D eigenvalue weighted by molar-refractivity contribution is -0.142. The minimum Gasteiger partial charge on any atom is -0.452 e. The number of hydrogen-bond donors (Lipinski definition) is 1. The third-order valence-electron chi connectivity index (χ3n) is 2.91. The smallest absolute Gasteiger partial charge is 0.331 e. The molecule has 7 nitrogen and oxygen atoms in total. The van der Waals surface area contributed by atoms with Gasteiger partial charge in [0, 0.05) is 12.1 Å². The van der Waals surface area contributed by atoms with Gasteiger partial charge in [-0.15, -0.1) is 11.3 Å². The molecule has 0 aliphatic carbocycles. The van der Waals surface area contributed by atoms with Gasteiger partial charge in [-0.3, -0.25) is 4.79 Å². The van der Waals surface area contributed by atoms with Crippen LogP contribution in [-0.4, -0.2) is 28.6 Å². The molecule has 2 heterocycles. The molecule has 0 saturated heterocycles. The molecule has 1 N–H and O–H groups in total. The number of amides is 1. The highest BCUT2D eigenvalue weighted by Crippen LogP contribution is 2.22. The Morgan fingerprint density at radius 3 is 2.96 bits per heavy atom. The highest BCUT2D eigenvalue weighted by Gasteiger charge is 2.08. The van der Waals surface area contributed by atoms with Gasteiger partial charge >= 0.3 is 5.97 Å². The first-order chi connectivity index (χ1) is 11.6. The van der Waals surface area contributed by atoms with Crippen molar-refractivity contribution in [1.82, 2.24) is 10.1 Å². The summed E-state index contributed by atoms with van der Waals surface area (Å²) in [6.07, 6.45) is 2.80. The Morgan fingerprint density at radius 2 is 2.21 bits per heavy atom. The lowest BCUT2D eigenvalue weighted by Crippen LogP contribution is -2.20. The monoisotopic (exact) mass is 343 g/mol. The molecule has 0 atom stereocenters. The topological polar surface area (TPSA) is 94.3 Å². The lowest BCUT2D eigenvalue weighted by Gasteiger charge is -2.01. The maximum Gasteiger partial charge on any atom is 0.331 e. The van der Waals surface area contributed by atoms with Crippen LogP contribution in [0.3, 0.4) is 0 Å². The van der Waals surface area contributed by atoms with Gasteiger partial charge in [0.1, 0.15) is 10.8 Å². The Bertz CT molecular complexity index is 880. The first-order valence-electron chi connectivity index (χ1n) is 7.04. The zero-order valence-electron chi connectivity index (χ0n) is 12.7. The van der Waals surface area contributed by atoms with Gasteiger partial charge in [-0.2, -0.15) is 0 Å². The summed E-state index contributed by atoms with van der Waals surface area (Å²) in [6.45, 7) is 1.30. The maximum absolute atomic E-state index is 11.6. The van der Waals surface area contributed by atoms with Crippen molar-refractivity contribution in [1.29, 1.82) is 0 Å². The average Bonchev–Trinajstić information content (AvgIpc) is 3.16. The van der Waals surface area contributed by atoms with E-state index in [-0.39, 0.29) is 5.82 Å². The van der Waals surface area contributed by atoms with Crippen molar-refractivity contribution in [2.45, 2.75) is 6.92 Å². The summed E-state index contributed by atoms with van der Waals surface area (Å²) >= 11 is 1.46. The van der Waals surface area contributed by atoms with Gasteiger partial charge in [-0.1, -0.05) is 17.3 Å². The Labute approximate surface area is 140 Å². The van der Waals surface area contributed by atoms with Crippen molar-refractivity contribution in [3.8, 4) is 0 Å². The molecule has 0 unspecified atom stereocenters. The Morgan fingerprint density at radius 1 is 1.38 bits per heavy atom. The Kier molecular flexibility index (Phi) is 4.66. The predicted molar refractivity (Wildman–Crippen MR) is 89.5 cm³/mol. The fourth-order valence-corrected chi connectivity index (χ4v) is 2.76. The van der Waals surface area contributed by atoms with Crippen LogP contribution in [0.25, 0.3) is 16.3 Å². The van der Waals surface area contributed by atoms with Gasteiger partial charge in [0.2, 0.25) is 0 Å². The number of para-hydroxylation sites is 1. The van der Waals surface area contributed by atoms with Crippen LogP contribution in [0.1, 0.15) is 10.8 Å². The van der Waals surface area contributed by atoms with Crippen LogP contribution in [0.2, 0.25) is 0 Å². The molecule has 0 aliphatic heterocycles. The number of ether oxygens (including phenoxy) is 1. The molecule has 0 aliphatic rings. The number of hydrogen-bond acceptors (Lipinski definition) is 7. The minimum atomic E-state index is -0.624. The molecule has 8 heteroatoms. The number of esters is 1. The predicted octanol–water partition coefficient (Wildman–Crippen LogP) is 2.79. The van der Waals surface area contributed by atoms with Crippen LogP contribution in [0.15, 0.2) is 40.9 Å². The number of nitrogens with one attached hydrogen (secondary N) is 1. The average molecular weight is 343 g/mol. The zero-order valence-corrected chi connectivity index (χ0v) is 13.5. The van der Waals surface area contributed by atoms with Gasteiger partial charge in [0.25, 0.3) is 5.91 Å². The molecule has 1 amide bonds. The van der Waals surface area contributed by atoms with Crippen LogP contribution in [0.5, 0.6) is 0 Å². The SMILES string of the molecule is Cc1cc(NC(=O)COC(=O)C=Cc2nc3ccccc3s2)no1. The number of anilines is 1. The van der Waals surface area contributed by atoms with Crippen molar-refractivity contribution in [3.63, 3.8) is 0 Å². The van der Waals surface area contributed by atoms with E-state index in [1.54, 1.807) is 19.1 Å². The zero-order chi connectivity index (χ0) is 16.9. The summed E-state index contributed by atoms with van der Waals surface area (Å²) in [5, 5.41) is 6.76. The van der Waals surface area contributed by atoms with Crippen LogP contribution in [0, 0.1) is 6.92 Å². The van der Waals surface area contributed by atoms with Crippen LogP contribution in [0.4, 0.5) is 5.82 Å². The summed E-state index contributed by atoms with van der Waals surface area (Å²) in [5.74, 6) is -0.273. The molecule has 24 heavy (non-hydrogen) atoms. The van der Waals surface area contributed by atoms with Crippen molar-refractivity contribution in [3.05, 3.63) is 47.2 Å². The Balaban J connectivity index is 1.50. The van der Waals surface area contributed by atoms with Crippen molar-refractivity contribution in [2.75, 3.05) is 11.9 Å². The summed E-state index contributed by atoms with van der Waals surface area (Å²) in [6, 6.07) is 9.25. The van der Waals surface area contributed by atoms with Gasteiger partial charge in [0.05, 0.1) is 10.2 Å². The highest BCUT2D eigenvalue weighted by molar-refractivity contribution is 7.19. The molecule has 0 spiro atoms. The van der Waals surface area contributed by atoms with Crippen LogP contribution in [-0.2, 0) is 14.3 Å². The number of aromatic nitrogens is 2. The molecular formula is C16H13N3O4S. The largest absolute Gasteiger partial charge is 0.452 e. The first kappa shape index (κ1) is 15.9. The van der Waals surface area contributed by atoms with Crippen LogP contribution < -0.4 is 5.32 Å². The van der Waals surface area contributed by atoms with Gasteiger partial charge in [0.15, 0.2) is 12.4 Å². The normalized spacial score (nSPS) is 11.0. The van der Waals surface area contributed by atoms with E-state index in [1.807, 2.05) is 24.3 Å². The minimum absolute atomic E-state index is 0.276. The second kappa shape index (κ2) is 7.05. The van der Waals surface area contributed by atoms with Crippen LogP contribution >= 0.6 is 11.3 Å². The second-order valence-corrected chi connectivity index (χ2v) is 5.89. The third kappa shape index (κ3) is 4.05. The molecule has 3 rings (SSSR count). The Hall–Kier alpha value is -3.00. The molecule has 3 aromatic rings. The summed E-state index contributed by atoms with van der Waals surface area (Å²) < 4.78 is 10.7. The van der Waals surface area contributed by atoms with E-state index in [9.17, 15) is 9.59 Å². The molecule has 0 bridgehead atoms. The number of aryl methyl sites for hydroxylation is 1. The quantitative estimate of drug-likeness (QED) is 0.565. The van der Waals surface area contributed by atoms with E-state index >= 15 is 0 Å². The van der Waals surface area contributed by atoms with Crippen molar-refractivity contribution < 1.29 is 18.8 Å². The van der Waals surface area contributed by atoms with E-state index in [1.165, 1.54) is 17.4 Å². The van der Waals surface area contributed by atoms with E-state index in [2.05, 4.69) is 15.5 Å². The van der Waals surface area contributed by atoms with Gasteiger partial charge in [-0.05, 0) is 25.1 Å². The van der Waals surface area contributed by atoms with Gasteiger partial charge < -0.3 is 14.6 Å². The highest BCUT2D eigenvalue weighted by atomic mass is 32.1. The number of benzene rings is 1. The number of rotatable bonds is 5. The van der Waals surface area contributed by atoms with E-state index < -0.39 is 18.5 Å². The molecule has 0 radical (unpaired) electrons. The molecule has 0 saturated carbocycles. The van der Waals surface area contributed by atoms with E-state index in [0.717, 1.165) is 10.2 Å². The van der Waals surface area contributed by atoms with Crippen molar-refractivity contribution >= 4 is 45.3 Å². The van der Waals surface area contributed by atoms with Crippen molar-refractivity contribution in [2.24, 2.45) is 0 Å². The standard InChI is InChI=1S/C16H13N3O4S/c1-10-8-13(19-23-10)18-14(20)9-22-16(21)7-6-15-17-11-4-2-3-5-12(11)24-15/h2-8H,9H2,1H3,(H,18,19,20). The third-order valence-corrected chi connectivity index (χ3v) is 3.92. The first-order valence-corrected chi connectivity index (χ1v) is 7.85. The molecule has 0 fully saturated rings. The number of carbonyl (C=O) groups excluding carboxylic acids is 2.